The van der Waals surface area contributed by atoms with Gasteiger partial charge in [-0.05, 0) is 37.3 Å². The normalized spacial score (nSPS) is 10.1. The van der Waals surface area contributed by atoms with Crippen molar-refractivity contribution in [2.45, 2.75) is 11.8 Å². The monoisotopic (exact) mass is 402 g/mol. The Morgan fingerprint density at radius 2 is 1.43 bits per heavy atom. The van der Waals surface area contributed by atoms with Gasteiger partial charge in [0.05, 0.1) is 36.7 Å². The molecule has 0 spiro atoms. The van der Waals surface area contributed by atoms with Gasteiger partial charge in [0.1, 0.15) is 11.5 Å². The second-order valence-corrected chi connectivity index (χ2v) is 6.62. The molecule has 0 fully saturated rings. The highest BCUT2D eigenvalue weighted by Crippen LogP contribution is 2.25. The van der Waals surface area contributed by atoms with E-state index in [2.05, 4.69) is 9.47 Å². The molecule has 0 aliphatic rings. The lowest BCUT2D eigenvalue weighted by Gasteiger charge is -2.11. The van der Waals surface area contributed by atoms with Gasteiger partial charge in [-0.2, -0.15) is 0 Å². The second-order valence-electron chi connectivity index (χ2n) is 5.61. The maximum Gasteiger partial charge on any atom is 0.344 e. The lowest BCUT2D eigenvalue weighted by atomic mass is 10.1. The number of Topliss-reactive ketones (excluding diaryl/α,β-unsaturated/α-hetero) is 1. The molecule has 0 N–H and O–H groups in total. The van der Waals surface area contributed by atoms with Crippen LogP contribution < -0.4 is 4.74 Å². The van der Waals surface area contributed by atoms with Gasteiger partial charge in [-0.1, -0.05) is 12.1 Å². The molecule has 2 aromatic rings. The van der Waals surface area contributed by atoms with Crippen LogP contribution >= 0.6 is 11.8 Å². The van der Waals surface area contributed by atoms with E-state index in [0.717, 1.165) is 0 Å². The fourth-order valence-electron chi connectivity index (χ4n) is 2.23. The topological polar surface area (TPSA) is 96.0 Å². The Hall–Kier alpha value is -3.13. The molecule has 0 amide bonds. The summed E-state index contributed by atoms with van der Waals surface area (Å²) in [6.45, 7) is 1.46. The molecule has 0 aliphatic carbocycles. The number of ether oxygens (including phenoxy) is 3. The number of carbonyl (C=O) groups is 4. The van der Waals surface area contributed by atoms with Gasteiger partial charge in [-0.15, -0.1) is 11.8 Å². The molecule has 0 bridgehead atoms. The fraction of sp³-hybridized carbons (Fsp3) is 0.200. The van der Waals surface area contributed by atoms with Crippen LogP contribution in [-0.2, 0) is 14.3 Å². The predicted molar refractivity (Wildman–Crippen MR) is 102 cm³/mol. The van der Waals surface area contributed by atoms with Gasteiger partial charge in [0.25, 0.3) is 0 Å². The van der Waals surface area contributed by atoms with Crippen LogP contribution in [0.2, 0.25) is 0 Å². The molecule has 0 radical (unpaired) electrons. The van der Waals surface area contributed by atoms with Crippen molar-refractivity contribution in [1.82, 2.24) is 0 Å². The van der Waals surface area contributed by atoms with Crippen molar-refractivity contribution in [2.24, 2.45) is 0 Å². The number of benzene rings is 2. The van der Waals surface area contributed by atoms with Gasteiger partial charge in [0, 0.05) is 4.90 Å². The molecule has 0 unspecified atom stereocenters. The summed E-state index contributed by atoms with van der Waals surface area (Å²) >= 11 is 1.22. The third-order valence-corrected chi connectivity index (χ3v) is 4.72. The van der Waals surface area contributed by atoms with Crippen molar-refractivity contribution in [1.29, 1.82) is 0 Å². The molecular weight excluding hydrogens is 384 g/mol. The minimum absolute atomic E-state index is 0.0142. The Labute approximate surface area is 166 Å². The first-order chi connectivity index (χ1) is 13.3. The van der Waals surface area contributed by atoms with Crippen LogP contribution in [-0.4, -0.2) is 43.7 Å². The van der Waals surface area contributed by atoms with E-state index in [9.17, 15) is 19.2 Å². The highest BCUT2D eigenvalue weighted by atomic mass is 32.2. The van der Waals surface area contributed by atoms with Crippen LogP contribution in [0.3, 0.4) is 0 Å². The Morgan fingerprint density at radius 3 is 1.96 bits per heavy atom. The summed E-state index contributed by atoms with van der Waals surface area (Å²) in [4.78, 5) is 48.1. The van der Waals surface area contributed by atoms with Gasteiger partial charge < -0.3 is 14.2 Å². The SMILES string of the molecule is COC(=O)c1cc(OC(=O)c2ccccc2SCC(C)=O)cc(C(=O)OC)c1. The van der Waals surface area contributed by atoms with Crippen molar-refractivity contribution in [2.75, 3.05) is 20.0 Å². The average Bonchev–Trinajstić information content (AvgIpc) is 2.70. The lowest BCUT2D eigenvalue weighted by molar-refractivity contribution is -0.114. The maximum atomic E-state index is 12.6. The Balaban J connectivity index is 2.34. The van der Waals surface area contributed by atoms with Gasteiger partial charge in [-0.3, -0.25) is 4.79 Å². The quantitative estimate of drug-likeness (QED) is 0.396. The predicted octanol–water partition coefficient (Wildman–Crippen LogP) is 3.16. The van der Waals surface area contributed by atoms with Crippen LogP contribution in [0, 0.1) is 0 Å². The number of esters is 3. The Bertz CT molecular complexity index is 886. The smallest absolute Gasteiger partial charge is 0.344 e. The van der Waals surface area contributed by atoms with Gasteiger partial charge in [0.15, 0.2) is 0 Å². The van der Waals surface area contributed by atoms with E-state index in [-0.39, 0.29) is 34.0 Å². The van der Waals surface area contributed by atoms with E-state index in [1.165, 1.54) is 51.1 Å². The molecular formula is C20H18O7S. The zero-order valence-corrected chi connectivity index (χ0v) is 16.3. The highest BCUT2D eigenvalue weighted by molar-refractivity contribution is 8.00. The van der Waals surface area contributed by atoms with E-state index < -0.39 is 17.9 Å². The molecule has 8 heteroatoms. The number of methoxy groups -OCH3 is 2. The van der Waals surface area contributed by atoms with Gasteiger partial charge >= 0.3 is 17.9 Å². The van der Waals surface area contributed by atoms with Crippen molar-refractivity contribution in [3.8, 4) is 5.75 Å². The van der Waals surface area contributed by atoms with Crippen molar-refractivity contribution < 1.29 is 33.4 Å². The molecule has 28 heavy (non-hydrogen) atoms. The first kappa shape index (κ1) is 21.2. The van der Waals surface area contributed by atoms with E-state index >= 15 is 0 Å². The van der Waals surface area contributed by atoms with Crippen LogP contribution in [0.5, 0.6) is 5.75 Å². The summed E-state index contributed by atoms with van der Waals surface area (Å²) < 4.78 is 14.7. The Kier molecular flexibility index (Phi) is 7.34. The molecule has 0 heterocycles. The lowest BCUT2D eigenvalue weighted by Crippen LogP contribution is -2.12. The second kappa shape index (κ2) is 9.70. The molecule has 2 rings (SSSR count). The molecule has 2 aromatic carbocycles. The van der Waals surface area contributed by atoms with Crippen molar-refractivity contribution >= 4 is 35.5 Å². The fourth-order valence-corrected chi connectivity index (χ4v) is 3.07. The van der Waals surface area contributed by atoms with E-state index in [0.29, 0.717) is 4.90 Å². The average molecular weight is 402 g/mol. The van der Waals surface area contributed by atoms with E-state index in [4.69, 9.17) is 4.74 Å². The first-order valence-corrected chi connectivity index (χ1v) is 9.09. The molecule has 0 saturated carbocycles. The number of carbonyl (C=O) groups excluding carboxylic acids is 4. The Morgan fingerprint density at radius 1 is 0.857 bits per heavy atom. The molecule has 146 valence electrons. The number of thioether (sulfide) groups is 1. The third-order valence-electron chi connectivity index (χ3n) is 3.50. The minimum Gasteiger partial charge on any atom is -0.465 e. The number of rotatable bonds is 7. The zero-order valence-electron chi connectivity index (χ0n) is 15.5. The van der Waals surface area contributed by atoms with Crippen molar-refractivity contribution in [3.63, 3.8) is 0 Å². The standard InChI is InChI=1S/C20H18O7S/c1-12(21)11-28-17-7-5-4-6-16(17)20(24)27-15-9-13(18(22)25-2)8-14(10-15)19(23)26-3/h4-10H,11H2,1-3H3. The summed E-state index contributed by atoms with van der Waals surface area (Å²) in [6.07, 6.45) is 0. The maximum absolute atomic E-state index is 12.6. The third kappa shape index (κ3) is 5.43. The summed E-state index contributed by atoms with van der Waals surface area (Å²) in [6, 6.07) is 10.5. The molecule has 7 nitrogen and oxygen atoms in total. The van der Waals surface area contributed by atoms with Crippen LogP contribution in [0.4, 0.5) is 0 Å². The summed E-state index contributed by atoms with van der Waals surface area (Å²) in [5.74, 6) is -1.90. The van der Waals surface area contributed by atoms with Crippen LogP contribution in [0.1, 0.15) is 38.0 Å². The van der Waals surface area contributed by atoms with Crippen molar-refractivity contribution in [3.05, 3.63) is 59.2 Å². The zero-order chi connectivity index (χ0) is 20.7. The number of hydrogen-bond acceptors (Lipinski definition) is 8. The van der Waals surface area contributed by atoms with E-state index in [1.807, 2.05) is 0 Å². The summed E-state index contributed by atoms with van der Waals surface area (Å²) in [5, 5.41) is 0. The molecule has 0 saturated heterocycles. The summed E-state index contributed by atoms with van der Waals surface area (Å²) in [7, 11) is 2.39. The van der Waals surface area contributed by atoms with Gasteiger partial charge in [-0.25, -0.2) is 14.4 Å². The first-order valence-electron chi connectivity index (χ1n) is 8.11. The minimum atomic E-state index is -0.694. The van der Waals surface area contributed by atoms with Gasteiger partial charge in [0.2, 0.25) is 0 Å². The van der Waals surface area contributed by atoms with Crippen LogP contribution in [0.15, 0.2) is 47.4 Å². The number of ketones is 1. The highest BCUT2D eigenvalue weighted by Gasteiger charge is 2.18. The number of hydrogen-bond donors (Lipinski definition) is 0. The summed E-state index contributed by atoms with van der Waals surface area (Å²) in [5.41, 5.74) is 0.330. The molecule has 0 aliphatic heterocycles. The molecule has 0 atom stereocenters. The van der Waals surface area contributed by atoms with Crippen LogP contribution in [0.25, 0.3) is 0 Å². The van der Waals surface area contributed by atoms with E-state index in [1.54, 1.807) is 24.3 Å². The largest absolute Gasteiger partial charge is 0.465 e. The molecule has 0 aromatic heterocycles.